The Labute approximate surface area is 175 Å². The second-order valence-electron chi connectivity index (χ2n) is 9.10. The second kappa shape index (κ2) is 9.30. The van der Waals surface area contributed by atoms with Crippen LogP contribution in [0.25, 0.3) is 0 Å². The first kappa shape index (κ1) is 23.1. The molecule has 0 bridgehead atoms. The number of aliphatic carboxylic acids is 1. The fraction of sp³-hybridized carbons (Fsp3) is 0.900. The van der Waals surface area contributed by atoms with Gasteiger partial charge in [0.1, 0.15) is 0 Å². The molecule has 0 aromatic heterocycles. The number of carbonyl (C=O) groups excluding carboxylic acids is 1. The fourth-order valence-electron chi connectivity index (χ4n) is 5.01. The van der Waals surface area contributed by atoms with Crippen LogP contribution in [-0.2, 0) is 9.53 Å². The van der Waals surface area contributed by atoms with Crippen LogP contribution in [-0.4, -0.2) is 97.5 Å². The molecule has 4 aliphatic rings. The van der Waals surface area contributed by atoms with E-state index in [0.29, 0.717) is 5.92 Å². The predicted octanol–water partition coefficient (Wildman–Crippen LogP) is 2.52. The van der Waals surface area contributed by atoms with Gasteiger partial charge >= 0.3 is 18.2 Å². The number of ether oxygens (including phenoxy) is 1. The molecule has 0 aromatic rings. The van der Waals surface area contributed by atoms with Crippen LogP contribution in [0, 0.1) is 17.3 Å². The first-order valence-corrected chi connectivity index (χ1v) is 10.7. The number of carboxylic acids is 1. The topological polar surface area (TPSA) is 73.3 Å². The van der Waals surface area contributed by atoms with Crippen molar-refractivity contribution >= 4 is 12.0 Å². The summed E-state index contributed by atoms with van der Waals surface area (Å²) < 4.78 is 37.3. The summed E-state index contributed by atoms with van der Waals surface area (Å²) in [4.78, 5) is 28.5. The Balaban J connectivity index is 0.000000318. The number of likely N-dealkylation sites (tertiary alicyclic amines) is 3. The lowest BCUT2D eigenvalue weighted by Crippen LogP contribution is -2.43. The van der Waals surface area contributed by atoms with Crippen LogP contribution in [0.2, 0.25) is 0 Å². The standard InChI is InChI=1S/C18H31N3O2.C2HF3O2/c1-23-12-16-11-19(10-15-4-5-15)13-18(16)6-9-21(14-18)17(22)20-7-2-3-8-20;3-2(4,5)1(6)7/h15-16H,2-14H2,1H3;(H,6,7)/t16-,18+;/m0./s1. The molecular formula is C20H32F3N3O4. The SMILES string of the molecule is COC[C@@H]1CN(CC2CC2)C[C@@]12CCN(C(=O)N1CCCC1)C2.O=C(O)C(F)(F)F. The number of amides is 2. The van der Waals surface area contributed by atoms with E-state index >= 15 is 0 Å². The minimum absolute atomic E-state index is 0.278. The number of alkyl halides is 3. The van der Waals surface area contributed by atoms with Gasteiger partial charge in [0.25, 0.3) is 0 Å². The smallest absolute Gasteiger partial charge is 0.475 e. The van der Waals surface area contributed by atoms with Gasteiger partial charge in [-0.05, 0) is 38.0 Å². The molecule has 172 valence electrons. The highest BCUT2D eigenvalue weighted by atomic mass is 19.4. The summed E-state index contributed by atoms with van der Waals surface area (Å²) >= 11 is 0. The Hall–Kier alpha value is -1.55. The molecule has 1 aliphatic carbocycles. The van der Waals surface area contributed by atoms with Gasteiger partial charge in [0, 0.05) is 64.3 Å². The molecule has 0 radical (unpaired) electrons. The molecule has 1 spiro atoms. The van der Waals surface area contributed by atoms with Crippen LogP contribution in [0.3, 0.4) is 0 Å². The first-order valence-electron chi connectivity index (χ1n) is 10.7. The van der Waals surface area contributed by atoms with Crippen molar-refractivity contribution in [3.05, 3.63) is 0 Å². The van der Waals surface area contributed by atoms with Crippen molar-refractivity contribution in [2.24, 2.45) is 17.3 Å². The zero-order valence-electron chi connectivity index (χ0n) is 17.5. The molecule has 1 N–H and O–H groups in total. The fourth-order valence-corrected chi connectivity index (χ4v) is 5.01. The van der Waals surface area contributed by atoms with Crippen molar-refractivity contribution in [2.75, 3.05) is 59.5 Å². The Morgan fingerprint density at radius 2 is 1.73 bits per heavy atom. The lowest BCUT2D eigenvalue weighted by molar-refractivity contribution is -0.192. The summed E-state index contributed by atoms with van der Waals surface area (Å²) in [5, 5.41) is 7.12. The zero-order chi connectivity index (χ0) is 21.9. The summed E-state index contributed by atoms with van der Waals surface area (Å²) in [5.41, 5.74) is 0.278. The molecule has 10 heteroatoms. The highest BCUT2D eigenvalue weighted by Crippen LogP contribution is 2.45. The second-order valence-corrected chi connectivity index (χ2v) is 9.10. The predicted molar refractivity (Wildman–Crippen MR) is 103 cm³/mol. The number of hydrogen-bond donors (Lipinski definition) is 1. The third-order valence-electron chi connectivity index (χ3n) is 6.74. The van der Waals surface area contributed by atoms with E-state index in [1.807, 2.05) is 7.11 Å². The number of carbonyl (C=O) groups is 2. The molecule has 3 saturated heterocycles. The lowest BCUT2D eigenvalue weighted by Gasteiger charge is -2.31. The number of urea groups is 1. The largest absolute Gasteiger partial charge is 0.490 e. The van der Waals surface area contributed by atoms with Crippen LogP contribution >= 0.6 is 0 Å². The van der Waals surface area contributed by atoms with E-state index in [1.54, 1.807) is 0 Å². The van der Waals surface area contributed by atoms with Crippen LogP contribution in [0.15, 0.2) is 0 Å². The number of halogens is 3. The molecule has 4 rings (SSSR count). The minimum Gasteiger partial charge on any atom is -0.475 e. The summed E-state index contributed by atoms with van der Waals surface area (Å²) in [6.07, 6.45) is 1.25. The highest BCUT2D eigenvalue weighted by Gasteiger charge is 2.52. The van der Waals surface area contributed by atoms with Gasteiger partial charge in [-0.25, -0.2) is 9.59 Å². The molecule has 1 saturated carbocycles. The van der Waals surface area contributed by atoms with E-state index in [9.17, 15) is 18.0 Å². The summed E-state index contributed by atoms with van der Waals surface area (Å²) in [6.45, 7) is 8.23. The van der Waals surface area contributed by atoms with Gasteiger partial charge in [-0.2, -0.15) is 13.2 Å². The molecule has 0 aromatic carbocycles. The van der Waals surface area contributed by atoms with Crippen LogP contribution in [0.5, 0.6) is 0 Å². The minimum atomic E-state index is -5.08. The molecule has 30 heavy (non-hydrogen) atoms. The van der Waals surface area contributed by atoms with Gasteiger partial charge < -0.3 is 24.5 Å². The van der Waals surface area contributed by atoms with E-state index in [1.165, 1.54) is 38.8 Å². The molecule has 7 nitrogen and oxygen atoms in total. The van der Waals surface area contributed by atoms with Crippen molar-refractivity contribution < 1.29 is 32.6 Å². The highest BCUT2D eigenvalue weighted by molar-refractivity contribution is 5.75. The van der Waals surface area contributed by atoms with Crippen molar-refractivity contribution in [3.63, 3.8) is 0 Å². The van der Waals surface area contributed by atoms with Gasteiger partial charge in [-0.1, -0.05) is 0 Å². The maximum absolute atomic E-state index is 12.7. The third kappa shape index (κ3) is 5.57. The molecule has 3 aliphatic heterocycles. The number of hydrogen-bond acceptors (Lipinski definition) is 4. The molecule has 2 atom stereocenters. The number of carboxylic acid groups (broad SMARTS) is 1. The van der Waals surface area contributed by atoms with E-state index in [2.05, 4.69) is 14.7 Å². The first-order chi connectivity index (χ1) is 14.1. The summed E-state index contributed by atoms with van der Waals surface area (Å²) in [7, 11) is 1.82. The maximum Gasteiger partial charge on any atom is 0.490 e. The maximum atomic E-state index is 12.7. The average Bonchev–Trinajstić information content (AvgIpc) is 3.10. The zero-order valence-corrected chi connectivity index (χ0v) is 17.5. The molecule has 4 fully saturated rings. The van der Waals surface area contributed by atoms with Crippen molar-refractivity contribution in [3.8, 4) is 0 Å². The molecule has 3 heterocycles. The van der Waals surface area contributed by atoms with Crippen molar-refractivity contribution in [2.45, 2.75) is 38.3 Å². The van der Waals surface area contributed by atoms with E-state index in [-0.39, 0.29) is 11.4 Å². The van der Waals surface area contributed by atoms with E-state index in [0.717, 1.165) is 51.7 Å². The lowest BCUT2D eigenvalue weighted by atomic mass is 9.78. The van der Waals surface area contributed by atoms with Crippen molar-refractivity contribution in [1.29, 1.82) is 0 Å². The Morgan fingerprint density at radius 1 is 1.10 bits per heavy atom. The van der Waals surface area contributed by atoms with Gasteiger partial charge in [0.05, 0.1) is 6.61 Å². The van der Waals surface area contributed by atoms with Gasteiger partial charge in [0.2, 0.25) is 0 Å². The normalized spacial score (nSPS) is 29.4. The number of rotatable bonds is 4. The summed E-state index contributed by atoms with van der Waals surface area (Å²) in [5.74, 6) is -1.23. The monoisotopic (exact) mass is 435 g/mol. The van der Waals surface area contributed by atoms with Crippen LogP contribution < -0.4 is 0 Å². The number of nitrogens with zero attached hydrogens (tertiary/aromatic N) is 3. The van der Waals surface area contributed by atoms with Gasteiger partial charge in [0.15, 0.2) is 0 Å². The van der Waals surface area contributed by atoms with E-state index < -0.39 is 12.1 Å². The Morgan fingerprint density at radius 3 is 2.27 bits per heavy atom. The third-order valence-corrected chi connectivity index (χ3v) is 6.74. The van der Waals surface area contributed by atoms with Crippen LogP contribution in [0.4, 0.5) is 18.0 Å². The summed E-state index contributed by atoms with van der Waals surface area (Å²) in [6, 6.07) is 0.288. The quantitative estimate of drug-likeness (QED) is 0.735. The molecule has 2 amide bonds. The number of methoxy groups -OCH3 is 1. The van der Waals surface area contributed by atoms with E-state index in [4.69, 9.17) is 14.6 Å². The Kier molecular flexibility index (Phi) is 7.16. The Bertz CT molecular complexity index is 623. The van der Waals surface area contributed by atoms with Gasteiger partial charge in [-0.3, -0.25) is 0 Å². The van der Waals surface area contributed by atoms with Crippen LogP contribution in [0.1, 0.15) is 32.1 Å². The molecule has 0 unspecified atom stereocenters. The average molecular weight is 435 g/mol. The van der Waals surface area contributed by atoms with Gasteiger partial charge in [-0.15, -0.1) is 0 Å². The van der Waals surface area contributed by atoms with Crippen molar-refractivity contribution in [1.82, 2.24) is 14.7 Å². The molecular weight excluding hydrogens is 403 g/mol.